The van der Waals surface area contributed by atoms with Crippen LogP contribution in [0.1, 0.15) is 11.7 Å². The maximum absolute atomic E-state index is 4.89. The molecular weight excluding hydrogens is 192 g/mol. The number of aromatic nitrogens is 6. The molecule has 2 rings (SSSR count). The molecule has 68 valence electrons. The monoisotopic (exact) mass is 198 g/mol. The minimum absolute atomic E-state index is 0.556. The molecule has 8 heteroatoms. The van der Waals surface area contributed by atoms with E-state index in [2.05, 4.69) is 30.8 Å². The van der Waals surface area contributed by atoms with Crippen molar-refractivity contribution in [3.05, 3.63) is 11.7 Å². The van der Waals surface area contributed by atoms with E-state index in [0.717, 1.165) is 0 Å². The predicted molar refractivity (Wildman–Crippen MR) is 42.8 cm³/mol. The van der Waals surface area contributed by atoms with Crippen molar-refractivity contribution in [3.63, 3.8) is 0 Å². The standard InChI is InChI=1S/C5H6N6OS/c1-3-6-4(12-9-3)2-13-5-7-10-11-8-5/h2H2,1H3,(H,7,8,10,11). The Hall–Kier alpha value is -1.44. The second kappa shape index (κ2) is 3.52. The average molecular weight is 198 g/mol. The summed E-state index contributed by atoms with van der Waals surface area (Å²) in [5.74, 6) is 1.75. The van der Waals surface area contributed by atoms with Crippen LogP contribution >= 0.6 is 11.8 Å². The van der Waals surface area contributed by atoms with Crippen molar-refractivity contribution >= 4 is 11.8 Å². The molecule has 0 saturated heterocycles. The largest absolute Gasteiger partial charge is 0.338 e. The minimum atomic E-state index is 0.556. The van der Waals surface area contributed by atoms with Gasteiger partial charge in [0, 0.05) is 0 Å². The number of aryl methyl sites for hydroxylation is 1. The number of hydrogen-bond donors (Lipinski definition) is 1. The zero-order chi connectivity index (χ0) is 9.10. The van der Waals surface area contributed by atoms with Crippen LogP contribution in [0, 0.1) is 6.92 Å². The van der Waals surface area contributed by atoms with Crippen LogP contribution in [0.3, 0.4) is 0 Å². The molecule has 1 N–H and O–H groups in total. The van der Waals surface area contributed by atoms with Crippen LogP contribution in [0.15, 0.2) is 9.68 Å². The van der Waals surface area contributed by atoms with Crippen LogP contribution in [0.4, 0.5) is 0 Å². The fourth-order valence-electron chi connectivity index (χ4n) is 0.739. The number of tetrazole rings is 1. The van der Waals surface area contributed by atoms with E-state index >= 15 is 0 Å². The Morgan fingerprint density at radius 1 is 1.54 bits per heavy atom. The van der Waals surface area contributed by atoms with Crippen molar-refractivity contribution < 1.29 is 4.52 Å². The van der Waals surface area contributed by atoms with Crippen molar-refractivity contribution in [3.8, 4) is 0 Å². The number of H-pyrrole nitrogens is 1. The predicted octanol–water partition coefficient (Wildman–Crippen LogP) is 0.183. The summed E-state index contributed by atoms with van der Waals surface area (Å²) in [6.07, 6.45) is 0. The van der Waals surface area contributed by atoms with Crippen molar-refractivity contribution in [2.45, 2.75) is 17.8 Å². The van der Waals surface area contributed by atoms with Gasteiger partial charge in [0.25, 0.3) is 0 Å². The first-order chi connectivity index (χ1) is 6.34. The van der Waals surface area contributed by atoms with E-state index in [4.69, 9.17) is 4.52 Å². The third-order valence-corrected chi connectivity index (χ3v) is 2.04. The van der Waals surface area contributed by atoms with Crippen molar-refractivity contribution in [1.82, 2.24) is 30.8 Å². The summed E-state index contributed by atoms with van der Waals surface area (Å²) < 4.78 is 4.89. The maximum atomic E-state index is 4.89. The van der Waals surface area contributed by atoms with Gasteiger partial charge in [0.05, 0.1) is 5.75 Å². The summed E-state index contributed by atoms with van der Waals surface area (Å²) in [4.78, 5) is 4.03. The summed E-state index contributed by atoms with van der Waals surface area (Å²) >= 11 is 1.38. The van der Waals surface area contributed by atoms with E-state index in [9.17, 15) is 0 Å². The molecule has 2 aromatic heterocycles. The molecule has 0 amide bonds. The van der Waals surface area contributed by atoms with Gasteiger partial charge in [0.1, 0.15) is 0 Å². The van der Waals surface area contributed by atoms with Gasteiger partial charge in [-0.05, 0) is 12.1 Å². The molecule has 0 fully saturated rings. The zero-order valence-corrected chi connectivity index (χ0v) is 7.58. The third-order valence-electron chi connectivity index (χ3n) is 1.22. The molecule has 7 nitrogen and oxygen atoms in total. The van der Waals surface area contributed by atoms with Crippen LogP contribution in [0.5, 0.6) is 0 Å². The summed E-state index contributed by atoms with van der Waals surface area (Å²) in [5.41, 5.74) is 0. The Bertz CT molecular complexity index is 370. The zero-order valence-electron chi connectivity index (χ0n) is 6.76. The molecule has 2 heterocycles. The van der Waals surface area contributed by atoms with E-state index in [1.54, 1.807) is 6.92 Å². The molecule has 0 aliphatic carbocycles. The van der Waals surface area contributed by atoms with Gasteiger partial charge in [-0.3, -0.25) is 0 Å². The molecule has 0 aromatic carbocycles. The number of nitrogens with zero attached hydrogens (tertiary/aromatic N) is 5. The fourth-order valence-corrected chi connectivity index (χ4v) is 1.31. The number of thioether (sulfide) groups is 1. The number of hydrogen-bond acceptors (Lipinski definition) is 7. The lowest BCUT2D eigenvalue weighted by Gasteiger charge is -1.87. The van der Waals surface area contributed by atoms with Crippen LogP contribution in [0.25, 0.3) is 0 Å². The molecule has 0 atom stereocenters. The molecule has 0 saturated carbocycles. The van der Waals surface area contributed by atoms with Gasteiger partial charge in [0.15, 0.2) is 5.82 Å². The van der Waals surface area contributed by atoms with Crippen LogP contribution in [-0.2, 0) is 5.75 Å². The first kappa shape index (κ1) is 8.17. The quantitative estimate of drug-likeness (QED) is 0.703. The van der Waals surface area contributed by atoms with Crippen LogP contribution in [-0.4, -0.2) is 30.8 Å². The van der Waals surface area contributed by atoms with E-state index < -0.39 is 0 Å². The van der Waals surface area contributed by atoms with Gasteiger partial charge in [-0.25, -0.2) is 0 Å². The summed E-state index contributed by atoms with van der Waals surface area (Å²) in [7, 11) is 0. The molecule has 0 bridgehead atoms. The minimum Gasteiger partial charge on any atom is -0.338 e. The Morgan fingerprint density at radius 3 is 3.08 bits per heavy atom. The molecule has 13 heavy (non-hydrogen) atoms. The van der Waals surface area contributed by atoms with E-state index in [1.807, 2.05) is 0 Å². The maximum Gasteiger partial charge on any atom is 0.237 e. The van der Waals surface area contributed by atoms with E-state index in [1.165, 1.54) is 11.8 Å². The van der Waals surface area contributed by atoms with Crippen LogP contribution < -0.4 is 0 Å². The highest BCUT2D eigenvalue weighted by atomic mass is 32.2. The third kappa shape index (κ3) is 2.02. The lowest BCUT2D eigenvalue weighted by molar-refractivity contribution is 0.387. The average Bonchev–Trinajstić information content (AvgIpc) is 2.71. The SMILES string of the molecule is Cc1noc(CSc2nn[nH]n2)n1. The Balaban J connectivity index is 1.93. The topological polar surface area (TPSA) is 93.4 Å². The number of rotatable bonds is 3. The van der Waals surface area contributed by atoms with Gasteiger partial charge in [0.2, 0.25) is 11.0 Å². The summed E-state index contributed by atoms with van der Waals surface area (Å²) in [5, 5.41) is 17.5. The first-order valence-corrected chi connectivity index (χ1v) is 4.48. The smallest absolute Gasteiger partial charge is 0.237 e. The molecule has 0 spiro atoms. The van der Waals surface area contributed by atoms with Crippen molar-refractivity contribution in [2.75, 3.05) is 0 Å². The van der Waals surface area contributed by atoms with Crippen LogP contribution in [0.2, 0.25) is 0 Å². The van der Waals surface area contributed by atoms with Crippen molar-refractivity contribution in [2.24, 2.45) is 0 Å². The van der Waals surface area contributed by atoms with Gasteiger partial charge in [-0.2, -0.15) is 10.2 Å². The van der Waals surface area contributed by atoms with Gasteiger partial charge in [-0.1, -0.05) is 16.9 Å². The molecule has 0 unspecified atom stereocenters. The molecular formula is C5H6N6OS. The normalized spacial score (nSPS) is 10.5. The lowest BCUT2D eigenvalue weighted by atomic mass is 10.7. The summed E-state index contributed by atoms with van der Waals surface area (Å²) in [6, 6.07) is 0. The first-order valence-electron chi connectivity index (χ1n) is 3.50. The van der Waals surface area contributed by atoms with E-state index in [0.29, 0.717) is 22.6 Å². The number of nitrogens with one attached hydrogen (secondary N) is 1. The molecule has 0 aliphatic rings. The second-order valence-electron chi connectivity index (χ2n) is 2.22. The Kier molecular flexibility index (Phi) is 2.21. The van der Waals surface area contributed by atoms with Gasteiger partial charge < -0.3 is 4.52 Å². The highest BCUT2D eigenvalue weighted by Gasteiger charge is 2.05. The Morgan fingerprint density at radius 2 is 2.46 bits per heavy atom. The lowest BCUT2D eigenvalue weighted by Crippen LogP contribution is -1.82. The summed E-state index contributed by atoms with van der Waals surface area (Å²) in [6.45, 7) is 1.77. The highest BCUT2D eigenvalue weighted by Crippen LogP contribution is 2.15. The van der Waals surface area contributed by atoms with Crippen molar-refractivity contribution in [1.29, 1.82) is 0 Å². The fraction of sp³-hybridized carbons (Fsp3) is 0.400. The molecule has 2 aromatic rings. The van der Waals surface area contributed by atoms with Gasteiger partial charge in [-0.15, -0.1) is 10.2 Å². The molecule has 0 aliphatic heterocycles. The highest BCUT2D eigenvalue weighted by molar-refractivity contribution is 7.98. The Labute approximate surface area is 77.3 Å². The second-order valence-corrected chi connectivity index (χ2v) is 3.16. The van der Waals surface area contributed by atoms with E-state index in [-0.39, 0.29) is 0 Å². The van der Waals surface area contributed by atoms with Gasteiger partial charge >= 0.3 is 0 Å². The molecule has 0 radical (unpaired) electrons. The number of aromatic amines is 1.